The van der Waals surface area contributed by atoms with Gasteiger partial charge in [0.1, 0.15) is 0 Å². The summed E-state index contributed by atoms with van der Waals surface area (Å²) in [6.07, 6.45) is 1.66. The predicted molar refractivity (Wildman–Crippen MR) is 72.0 cm³/mol. The molecule has 0 spiro atoms. The highest BCUT2D eigenvalue weighted by Crippen LogP contribution is 2.24. The molecule has 2 rings (SSSR count). The Morgan fingerprint density at radius 3 is 2.71 bits per heavy atom. The van der Waals surface area contributed by atoms with Crippen molar-refractivity contribution in [3.8, 4) is 11.3 Å². The second-order valence-electron chi connectivity index (χ2n) is 4.04. The quantitative estimate of drug-likeness (QED) is 0.825. The Morgan fingerprint density at radius 1 is 1.29 bits per heavy atom. The first kappa shape index (κ1) is 11.2. The highest BCUT2D eigenvalue weighted by molar-refractivity contribution is 5.70. The zero-order chi connectivity index (χ0) is 12.4. The zero-order valence-electron chi connectivity index (χ0n) is 9.77. The fourth-order valence-corrected chi connectivity index (χ4v) is 1.76. The summed E-state index contributed by atoms with van der Waals surface area (Å²) >= 11 is 0. The van der Waals surface area contributed by atoms with E-state index in [1.165, 1.54) is 0 Å². The zero-order valence-corrected chi connectivity index (χ0v) is 9.77. The van der Waals surface area contributed by atoms with Crippen LogP contribution in [0.15, 0.2) is 43.1 Å². The molecule has 0 saturated heterocycles. The van der Waals surface area contributed by atoms with Crippen LogP contribution >= 0.6 is 0 Å². The number of rotatable bonds is 2. The van der Waals surface area contributed by atoms with Crippen LogP contribution in [0.3, 0.4) is 0 Å². The molecule has 4 N–H and O–H groups in total. The van der Waals surface area contributed by atoms with Gasteiger partial charge < -0.3 is 11.5 Å². The number of hydrogen-bond donors (Lipinski definition) is 2. The monoisotopic (exact) mass is 225 g/mol. The van der Waals surface area contributed by atoms with Gasteiger partial charge >= 0.3 is 0 Å². The van der Waals surface area contributed by atoms with Crippen LogP contribution in [0.5, 0.6) is 0 Å². The van der Waals surface area contributed by atoms with E-state index in [-0.39, 0.29) is 0 Å². The average Bonchev–Trinajstić information content (AvgIpc) is 2.29. The van der Waals surface area contributed by atoms with Crippen molar-refractivity contribution < 1.29 is 0 Å². The molecule has 0 atom stereocenters. The number of aryl methyl sites for hydroxylation is 1. The van der Waals surface area contributed by atoms with Crippen LogP contribution in [0.4, 0.5) is 5.69 Å². The molecule has 3 heteroatoms. The topological polar surface area (TPSA) is 64.9 Å². The first-order valence-electron chi connectivity index (χ1n) is 5.35. The Labute approximate surface area is 101 Å². The van der Waals surface area contributed by atoms with Crippen molar-refractivity contribution in [1.82, 2.24) is 4.98 Å². The number of nitrogens with two attached hydrogens (primary N) is 2. The van der Waals surface area contributed by atoms with Gasteiger partial charge in [0.2, 0.25) is 0 Å². The number of hydrogen-bond acceptors (Lipinski definition) is 3. The second kappa shape index (κ2) is 4.29. The summed E-state index contributed by atoms with van der Waals surface area (Å²) in [5.74, 6) is 0. The third-order valence-electron chi connectivity index (χ3n) is 2.61. The summed E-state index contributed by atoms with van der Waals surface area (Å²) in [5, 5.41) is 0. The van der Waals surface area contributed by atoms with Crippen LogP contribution < -0.4 is 11.5 Å². The summed E-state index contributed by atoms with van der Waals surface area (Å²) in [5.41, 5.74) is 16.5. The number of aromatic nitrogens is 1. The Morgan fingerprint density at radius 2 is 2.06 bits per heavy atom. The molecule has 1 aromatic heterocycles. The SMILES string of the molecule is C=C(N)c1cccc(-c2ncc(N)cc2C)c1. The van der Waals surface area contributed by atoms with E-state index < -0.39 is 0 Å². The van der Waals surface area contributed by atoms with Crippen molar-refractivity contribution in [3.05, 3.63) is 54.2 Å². The van der Waals surface area contributed by atoms with E-state index in [4.69, 9.17) is 11.5 Å². The second-order valence-corrected chi connectivity index (χ2v) is 4.04. The number of nitrogens with zero attached hydrogens (tertiary/aromatic N) is 1. The van der Waals surface area contributed by atoms with Gasteiger partial charge in [-0.3, -0.25) is 4.98 Å². The molecule has 0 radical (unpaired) electrons. The van der Waals surface area contributed by atoms with Crippen LogP contribution in [0.2, 0.25) is 0 Å². The van der Waals surface area contributed by atoms with E-state index in [0.717, 1.165) is 22.4 Å². The van der Waals surface area contributed by atoms with E-state index in [2.05, 4.69) is 11.6 Å². The molecule has 2 aromatic rings. The molecule has 86 valence electrons. The molecule has 0 bridgehead atoms. The van der Waals surface area contributed by atoms with Crippen molar-refractivity contribution in [2.45, 2.75) is 6.92 Å². The number of nitrogen functional groups attached to an aromatic ring is 1. The maximum atomic E-state index is 5.69. The largest absolute Gasteiger partial charge is 0.399 e. The lowest BCUT2D eigenvalue weighted by Gasteiger charge is -2.07. The van der Waals surface area contributed by atoms with Gasteiger partial charge in [-0.25, -0.2) is 0 Å². The predicted octanol–water partition coefficient (Wildman–Crippen LogP) is 2.57. The molecule has 17 heavy (non-hydrogen) atoms. The van der Waals surface area contributed by atoms with Gasteiger partial charge in [-0.1, -0.05) is 24.8 Å². The molecule has 0 unspecified atom stereocenters. The van der Waals surface area contributed by atoms with Gasteiger partial charge in [0.05, 0.1) is 17.6 Å². The molecular formula is C14H15N3. The van der Waals surface area contributed by atoms with Gasteiger partial charge in [0.25, 0.3) is 0 Å². The molecular weight excluding hydrogens is 210 g/mol. The summed E-state index contributed by atoms with van der Waals surface area (Å²) < 4.78 is 0. The fraction of sp³-hybridized carbons (Fsp3) is 0.0714. The van der Waals surface area contributed by atoms with Gasteiger partial charge in [0, 0.05) is 11.3 Å². The van der Waals surface area contributed by atoms with Crippen molar-refractivity contribution in [2.24, 2.45) is 5.73 Å². The first-order chi connectivity index (χ1) is 8.08. The summed E-state index contributed by atoms with van der Waals surface area (Å²) in [6, 6.07) is 9.76. The minimum Gasteiger partial charge on any atom is -0.399 e. The molecule has 1 heterocycles. The van der Waals surface area contributed by atoms with E-state index in [9.17, 15) is 0 Å². The van der Waals surface area contributed by atoms with Crippen LogP contribution in [0.25, 0.3) is 17.0 Å². The fourth-order valence-electron chi connectivity index (χ4n) is 1.76. The number of pyridine rings is 1. The molecule has 0 aliphatic carbocycles. The van der Waals surface area contributed by atoms with Crippen molar-refractivity contribution in [3.63, 3.8) is 0 Å². The molecule has 0 amide bonds. The van der Waals surface area contributed by atoms with E-state index in [1.807, 2.05) is 37.3 Å². The van der Waals surface area contributed by atoms with Crippen molar-refractivity contribution in [1.29, 1.82) is 0 Å². The van der Waals surface area contributed by atoms with Crippen LogP contribution in [-0.4, -0.2) is 4.98 Å². The third-order valence-corrected chi connectivity index (χ3v) is 2.61. The molecule has 1 aromatic carbocycles. The molecule has 3 nitrogen and oxygen atoms in total. The third kappa shape index (κ3) is 2.28. The van der Waals surface area contributed by atoms with Gasteiger partial charge in [-0.05, 0) is 30.2 Å². The lowest BCUT2D eigenvalue weighted by atomic mass is 10.0. The van der Waals surface area contributed by atoms with E-state index >= 15 is 0 Å². The van der Waals surface area contributed by atoms with Gasteiger partial charge in [-0.2, -0.15) is 0 Å². The van der Waals surface area contributed by atoms with E-state index in [0.29, 0.717) is 11.4 Å². The van der Waals surface area contributed by atoms with E-state index in [1.54, 1.807) is 6.20 Å². The Hall–Kier alpha value is -2.29. The maximum Gasteiger partial charge on any atom is 0.0732 e. The van der Waals surface area contributed by atoms with Crippen LogP contribution in [-0.2, 0) is 0 Å². The minimum atomic E-state index is 0.556. The maximum absolute atomic E-state index is 5.69. The highest BCUT2D eigenvalue weighted by atomic mass is 14.7. The summed E-state index contributed by atoms with van der Waals surface area (Å²) in [7, 11) is 0. The summed E-state index contributed by atoms with van der Waals surface area (Å²) in [6.45, 7) is 5.72. The van der Waals surface area contributed by atoms with Crippen molar-refractivity contribution >= 4 is 11.4 Å². The highest BCUT2D eigenvalue weighted by Gasteiger charge is 2.05. The number of benzene rings is 1. The standard InChI is InChI=1S/C14H15N3/c1-9-6-13(16)8-17-14(9)12-5-3-4-11(7-12)10(2)15/h3-8H,2,15-16H2,1H3. The Bertz CT molecular complexity index is 573. The number of anilines is 1. The van der Waals surface area contributed by atoms with Crippen LogP contribution in [0, 0.1) is 6.92 Å². The van der Waals surface area contributed by atoms with Crippen LogP contribution in [0.1, 0.15) is 11.1 Å². The normalized spacial score (nSPS) is 10.2. The minimum absolute atomic E-state index is 0.556. The lowest BCUT2D eigenvalue weighted by molar-refractivity contribution is 1.27. The van der Waals surface area contributed by atoms with Crippen molar-refractivity contribution in [2.75, 3.05) is 5.73 Å². The average molecular weight is 225 g/mol. The first-order valence-corrected chi connectivity index (χ1v) is 5.35. The Kier molecular flexibility index (Phi) is 2.83. The van der Waals surface area contributed by atoms with Gasteiger partial charge in [0.15, 0.2) is 0 Å². The van der Waals surface area contributed by atoms with Gasteiger partial charge in [-0.15, -0.1) is 0 Å². The molecule has 0 fully saturated rings. The summed E-state index contributed by atoms with van der Waals surface area (Å²) in [4.78, 5) is 4.35. The lowest BCUT2D eigenvalue weighted by Crippen LogP contribution is -1.96. The molecule has 0 aliphatic rings. The molecule has 0 saturated carbocycles. The smallest absolute Gasteiger partial charge is 0.0732 e. The Balaban J connectivity index is 2.53. The molecule has 0 aliphatic heterocycles.